The van der Waals surface area contributed by atoms with Gasteiger partial charge in [0.25, 0.3) is 0 Å². The predicted molar refractivity (Wildman–Crippen MR) is 93.1 cm³/mol. The monoisotopic (exact) mass is 340 g/mol. The highest BCUT2D eigenvalue weighted by molar-refractivity contribution is 5.73. The summed E-state index contributed by atoms with van der Waals surface area (Å²) in [5.74, 6) is 2.17. The maximum atomic E-state index is 11.8. The SMILES string of the molecule is Cn1nccc1-c1ccc(CNC(=O)NCCOc2ccccc2)o1. The molecule has 0 fully saturated rings. The standard InChI is InChI=1S/C18H20N4O3/c1-22-16(9-10-21-22)17-8-7-15(25-17)13-20-18(23)19-11-12-24-14-5-3-2-4-6-14/h2-10H,11-13H2,1H3,(H2,19,20,23). The van der Waals surface area contributed by atoms with Gasteiger partial charge in [-0.15, -0.1) is 0 Å². The van der Waals surface area contributed by atoms with Crippen molar-refractivity contribution in [3.8, 4) is 17.2 Å². The molecule has 2 aromatic heterocycles. The van der Waals surface area contributed by atoms with E-state index in [0.29, 0.717) is 31.2 Å². The third-order valence-electron chi connectivity index (χ3n) is 3.56. The molecule has 2 heterocycles. The van der Waals surface area contributed by atoms with Crippen LogP contribution < -0.4 is 15.4 Å². The second-order valence-corrected chi connectivity index (χ2v) is 5.38. The van der Waals surface area contributed by atoms with E-state index in [2.05, 4.69) is 15.7 Å². The van der Waals surface area contributed by atoms with Gasteiger partial charge in [0.15, 0.2) is 5.76 Å². The number of nitrogens with one attached hydrogen (secondary N) is 2. The first-order valence-electron chi connectivity index (χ1n) is 7.99. The van der Waals surface area contributed by atoms with Gasteiger partial charge in [-0.1, -0.05) is 18.2 Å². The van der Waals surface area contributed by atoms with Crippen molar-refractivity contribution < 1.29 is 13.9 Å². The maximum Gasteiger partial charge on any atom is 0.315 e. The lowest BCUT2D eigenvalue weighted by atomic mass is 10.3. The van der Waals surface area contributed by atoms with Gasteiger partial charge in [0.2, 0.25) is 0 Å². The second-order valence-electron chi connectivity index (χ2n) is 5.38. The summed E-state index contributed by atoms with van der Waals surface area (Å²) in [5, 5.41) is 9.59. The number of nitrogens with zero attached hydrogens (tertiary/aromatic N) is 2. The van der Waals surface area contributed by atoms with Crippen LogP contribution in [-0.2, 0) is 13.6 Å². The molecule has 0 aliphatic heterocycles. The normalized spacial score (nSPS) is 10.4. The molecule has 2 amide bonds. The van der Waals surface area contributed by atoms with Gasteiger partial charge in [-0.25, -0.2) is 4.79 Å². The molecule has 2 N–H and O–H groups in total. The van der Waals surface area contributed by atoms with E-state index in [9.17, 15) is 4.79 Å². The number of hydrogen-bond donors (Lipinski definition) is 2. The number of urea groups is 1. The minimum atomic E-state index is -0.268. The van der Waals surface area contributed by atoms with Gasteiger partial charge in [-0.2, -0.15) is 5.10 Å². The van der Waals surface area contributed by atoms with Crippen LogP contribution in [0.5, 0.6) is 5.75 Å². The van der Waals surface area contributed by atoms with E-state index in [0.717, 1.165) is 11.4 Å². The number of hydrogen-bond acceptors (Lipinski definition) is 4. The number of aromatic nitrogens is 2. The molecule has 25 heavy (non-hydrogen) atoms. The van der Waals surface area contributed by atoms with E-state index < -0.39 is 0 Å². The van der Waals surface area contributed by atoms with Gasteiger partial charge >= 0.3 is 6.03 Å². The molecule has 0 saturated carbocycles. The van der Waals surface area contributed by atoms with Gasteiger partial charge in [-0.05, 0) is 30.3 Å². The van der Waals surface area contributed by atoms with Crippen molar-refractivity contribution in [3.05, 3.63) is 60.5 Å². The quantitative estimate of drug-likeness (QED) is 0.648. The Morgan fingerprint density at radius 3 is 2.76 bits per heavy atom. The van der Waals surface area contributed by atoms with Crippen LogP contribution in [0.15, 0.2) is 59.1 Å². The Balaban J connectivity index is 1.38. The maximum absolute atomic E-state index is 11.8. The van der Waals surface area contributed by atoms with Gasteiger partial charge in [0.05, 0.1) is 13.1 Å². The topological polar surface area (TPSA) is 81.3 Å². The van der Waals surface area contributed by atoms with Crippen molar-refractivity contribution in [3.63, 3.8) is 0 Å². The lowest BCUT2D eigenvalue weighted by molar-refractivity contribution is 0.235. The number of rotatable bonds is 7. The van der Waals surface area contributed by atoms with E-state index in [4.69, 9.17) is 9.15 Å². The summed E-state index contributed by atoms with van der Waals surface area (Å²) in [4.78, 5) is 11.8. The first-order valence-corrected chi connectivity index (χ1v) is 7.99. The van der Waals surface area contributed by atoms with Crippen LogP contribution in [0.2, 0.25) is 0 Å². The van der Waals surface area contributed by atoms with Crippen molar-refractivity contribution in [1.82, 2.24) is 20.4 Å². The Hall–Kier alpha value is -3.22. The molecule has 7 heteroatoms. The number of aryl methyl sites for hydroxylation is 1. The third kappa shape index (κ3) is 4.63. The zero-order valence-corrected chi connectivity index (χ0v) is 13.9. The van der Waals surface area contributed by atoms with Crippen molar-refractivity contribution >= 4 is 6.03 Å². The average molecular weight is 340 g/mol. The number of ether oxygens (including phenoxy) is 1. The lowest BCUT2D eigenvalue weighted by Crippen LogP contribution is -2.37. The van der Waals surface area contributed by atoms with E-state index >= 15 is 0 Å². The molecule has 3 rings (SSSR count). The molecule has 0 aliphatic carbocycles. The summed E-state index contributed by atoms with van der Waals surface area (Å²) in [5.41, 5.74) is 0.883. The molecule has 7 nitrogen and oxygen atoms in total. The number of benzene rings is 1. The molecule has 0 bridgehead atoms. The number of furan rings is 1. The molecule has 0 spiro atoms. The van der Waals surface area contributed by atoms with Crippen LogP contribution in [0, 0.1) is 0 Å². The molecule has 0 saturated heterocycles. The molecular weight excluding hydrogens is 320 g/mol. The Bertz CT molecular complexity index is 811. The summed E-state index contributed by atoms with van der Waals surface area (Å²) in [6.07, 6.45) is 1.71. The predicted octanol–water partition coefficient (Wildman–Crippen LogP) is 2.56. The third-order valence-corrected chi connectivity index (χ3v) is 3.56. The molecule has 0 aliphatic rings. The van der Waals surface area contributed by atoms with Crippen molar-refractivity contribution in [2.24, 2.45) is 7.05 Å². The molecular formula is C18H20N4O3. The van der Waals surface area contributed by atoms with Gasteiger partial charge < -0.3 is 19.8 Å². The zero-order chi connectivity index (χ0) is 17.5. The minimum Gasteiger partial charge on any atom is -0.492 e. The number of amides is 2. The van der Waals surface area contributed by atoms with Crippen LogP contribution >= 0.6 is 0 Å². The van der Waals surface area contributed by atoms with Crippen LogP contribution in [-0.4, -0.2) is 29.0 Å². The molecule has 0 radical (unpaired) electrons. The van der Waals surface area contributed by atoms with Crippen molar-refractivity contribution in [1.29, 1.82) is 0 Å². The number of carbonyl (C=O) groups is 1. The average Bonchev–Trinajstić information content (AvgIpc) is 3.26. The van der Waals surface area contributed by atoms with E-state index in [-0.39, 0.29) is 6.03 Å². The second kappa shape index (κ2) is 8.05. The first-order chi connectivity index (χ1) is 12.2. The summed E-state index contributed by atoms with van der Waals surface area (Å²) in [6, 6.07) is 14.8. The van der Waals surface area contributed by atoms with Crippen molar-refractivity contribution in [2.45, 2.75) is 6.54 Å². The van der Waals surface area contributed by atoms with E-state index in [1.54, 1.807) is 10.9 Å². The van der Waals surface area contributed by atoms with Gasteiger partial charge in [-0.3, -0.25) is 4.68 Å². The van der Waals surface area contributed by atoms with Gasteiger partial charge in [0.1, 0.15) is 23.8 Å². The highest BCUT2D eigenvalue weighted by atomic mass is 16.5. The van der Waals surface area contributed by atoms with Crippen LogP contribution in [0.3, 0.4) is 0 Å². The largest absolute Gasteiger partial charge is 0.492 e. The zero-order valence-electron chi connectivity index (χ0n) is 13.9. The molecule has 0 atom stereocenters. The summed E-state index contributed by atoms with van der Waals surface area (Å²) in [6.45, 7) is 1.13. The smallest absolute Gasteiger partial charge is 0.315 e. The molecule has 3 aromatic rings. The van der Waals surface area contributed by atoms with Crippen molar-refractivity contribution in [2.75, 3.05) is 13.2 Å². The van der Waals surface area contributed by atoms with Crippen LogP contribution in [0.1, 0.15) is 5.76 Å². The fraction of sp³-hybridized carbons (Fsp3) is 0.222. The Kier molecular flexibility index (Phi) is 5.36. The highest BCUT2D eigenvalue weighted by Crippen LogP contribution is 2.20. The molecule has 1 aromatic carbocycles. The first kappa shape index (κ1) is 16.6. The Morgan fingerprint density at radius 2 is 2.00 bits per heavy atom. The molecule has 0 unspecified atom stereocenters. The fourth-order valence-corrected chi connectivity index (χ4v) is 2.31. The minimum absolute atomic E-state index is 0.268. The van der Waals surface area contributed by atoms with Crippen LogP contribution in [0.25, 0.3) is 11.5 Å². The Labute approximate surface area is 145 Å². The highest BCUT2D eigenvalue weighted by Gasteiger charge is 2.09. The molecule has 130 valence electrons. The Morgan fingerprint density at radius 1 is 1.16 bits per heavy atom. The summed E-state index contributed by atoms with van der Waals surface area (Å²) in [7, 11) is 1.85. The van der Waals surface area contributed by atoms with Gasteiger partial charge in [0, 0.05) is 13.2 Å². The summed E-state index contributed by atoms with van der Waals surface area (Å²) >= 11 is 0. The lowest BCUT2D eigenvalue weighted by Gasteiger charge is -2.08. The number of para-hydroxylation sites is 1. The summed E-state index contributed by atoms with van der Waals surface area (Å²) < 4.78 is 13.0. The van der Waals surface area contributed by atoms with E-state index in [1.165, 1.54) is 0 Å². The number of carbonyl (C=O) groups excluding carboxylic acids is 1. The fourth-order valence-electron chi connectivity index (χ4n) is 2.31. The van der Waals surface area contributed by atoms with Crippen LogP contribution in [0.4, 0.5) is 4.79 Å². The van der Waals surface area contributed by atoms with E-state index in [1.807, 2.05) is 55.6 Å².